The number of nitrogen functional groups attached to an aromatic ring is 1. The second kappa shape index (κ2) is 5.75. The Morgan fingerprint density at radius 1 is 1.56 bits per heavy atom. The van der Waals surface area contributed by atoms with Gasteiger partial charge in [0, 0.05) is 13.6 Å². The first kappa shape index (κ1) is 12.8. The lowest BCUT2D eigenvalue weighted by molar-refractivity contribution is 0.885. The molecule has 0 saturated heterocycles. The van der Waals surface area contributed by atoms with Crippen molar-refractivity contribution < 1.29 is 0 Å². The zero-order chi connectivity index (χ0) is 12.1. The number of hydrogen-bond acceptors (Lipinski definition) is 5. The molecule has 1 heterocycles. The van der Waals surface area contributed by atoms with Gasteiger partial charge in [-0.2, -0.15) is 5.26 Å². The van der Waals surface area contributed by atoms with E-state index in [1.165, 1.54) is 0 Å². The molecule has 0 amide bonds. The van der Waals surface area contributed by atoms with E-state index in [-0.39, 0.29) is 0 Å². The number of anilines is 2. The molecule has 7 heteroatoms. The molecule has 0 aromatic carbocycles. The number of nitrogens with two attached hydrogens (primary N) is 1. The highest BCUT2D eigenvalue weighted by Gasteiger charge is 2.12. The Bertz CT molecular complexity index is 415. The van der Waals surface area contributed by atoms with Gasteiger partial charge in [-0.25, -0.2) is 10.8 Å². The molecule has 0 atom stereocenters. The van der Waals surface area contributed by atoms with Gasteiger partial charge >= 0.3 is 0 Å². The maximum absolute atomic E-state index is 8.49. The first-order valence-electron chi connectivity index (χ1n) is 4.51. The van der Waals surface area contributed by atoms with Crippen molar-refractivity contribution in [3.05, 3.63) is 16.1 Å². The van der Waals surface area contributed by atoms with Crippen molar-refractivity contribution in [3.8, 4) is 6.07 Å². The Morgan fingerprint density at radius 2 is 2.25 bits per heavy atom. The van der Waals surface area contributed by atoms with Gasteiger partial charge in [-0.1, -0.05) is 23.2 Å². The number of nitrogens with one attached hydrogen (secondary N) is 1. The molecular weight excluding hydrogens is 249 g/mol. The predicted molar refractivity (Wildman–Crippen MR) is 65.6 cm³/mol. The fourth-order valence-electron chi connectivity index (χ4n) is 1.15. The van der Waals surface area contributed by atoms with Crippen LogP contribution in [0, 0.1) is 11.3 Å². The van der Waals surface area contributed by atoms with Crippen LogP contribution in [0.2, 0.25) is 10.0 Å². The number of hydrogen-bond donors (Lipinski definition) is 2. The van der Waals surface area contributed by atoms with E-state index in [0.717, 1.165) is 0 Å². The highest BCUT2D eigenvalue weighted by Crippen LogP contribution is 2.30. The number of halogens is 2. The average molecular weight is 260 g/mol. The Kier molecular flexibility index (Phi) is 4.62. The van der Waals surface area contributed by atoms with Crippen LogP contribution >= 0.6 is 23.2 Å². The van der Waals surface area contributed by atoms with Crippen molar-refractivity contribution >= 4 is 34.8 Å². The van der Waals surface area contributed by atoms with Crippen molar-refractivity contribution in [1.82, 2.24) is 4.98 Å². The van der Waals surface area contributed by atoms with Crippen molar-refractivity contribution in [3.63, 3.8) is 0 Å². The van der Waals surface area contributed by atoms with Gasteiger partial charge in [0.2, 0.25) is 0 Å². The molecule has 0 unspecified atom stereocenters. The van der Waals surface area contributed by atoms with Gasteiger partial charge in [-0.15, -0.1) is 0 Å². The van der Waals surface area contributed by atoms with Crippen LogP contribution in [-0.2, 0) is 0 Å². The minimum atomic E-state index is 0.352. The van der Waals surface area contributed by atoms with E-state index in [4.69, 9.17) is 34.3 Å². The summed E-state index contributed by atoms with van der Waals surface area (Å²) in [5, 5.41) is 9.27. The smallest absolute Gasteiger partial charge is 0.161 e. The normalized spacial score (nSPS) is 9.69. The van der Waals surface area contributed by atoms with E-state index in [0.29, 0.717) is 34.6 Å². The zero-order valence-corrected chi connectivity index (χ0v) is 10.2. The van der Waals surface area contributed by atoms with Crippen LogP contribution in [0.3, 0.4) is 0 Å². The number of hydrazine groups is 1. The van der Waals surface area contributed by atoms with Crippen LogP contribution in [-0.4, -0.2) is 18.6 Å². The summed E-state index contributed by atoms with van der Waals surface area (Å²) < 4.78 is 0. The second-order valence-corrected chi connectivity index (χ2v) is 3.91. The molecule has 0 saturated carbocycles. The summed E-state index contributed by atoms with van der Waals surface area (Å²) in [5.41, 5.74) is 2.38. The average Bonchev–Trinajstić information content (AvgIpc) is 2.26. The molecule has 0 aliphatic heterocycles. The summed E-state index contributed by atoms with van der Waals surface area (Å²) in [5.74, 6) is 6.15. The highest BCUT2D eigenvalue weighted by atomic mass is 35.5. The topological polar surface area (TPSA) is 78.0 Å². The zero-order valence-electron chi connectivity index (χ0n) is 8.67. The molecule has 1 aromatic heterocycles. The third-order valence-electron chi connectivity index (χ3n) is 1.97. The lowest BCUT2D eigenvalue weighted by Gasteiger charge is -2.19. The number of nitriles is 1. The van der Waals surface area contributed by atoms with E-state index in [9.17, 15) is 0 Å². The summed E-state index contributed by atoms with van der Waals surface area (Å²) in [6.45, 7) is 0.537. The van der Waals surface area contributed by atoms with E-state index in [1.807, 2.05) is 6.07 Å². The van der Waals surface area contributed by atoms with E-state index < -0.39 is 0 Å². The summed E-state index contributed by atoms with van der Waals surface area (Å²) in [6.07, 6.45) is 0.391. The van der Waals surface area contributed by atoms with Crippen LogP contribution in [0.4, 0.5) is 11.6 Å². The van der Waals surface area contributed by atoms with Crippen LogP contribution < -0.4 is 16.2 Å². The van der Waals surface area contributed by atoms with Crippen molar-refractivity contribution in [2.45, 2.75) is 6.42 Å². The highest BCUT2D eigenvalue weighted by molar-refractivity contribution is 6.37. The molecule has 0 spiro atoms. The summed E-state index contributed by atoms with van der Waals surface area (Å²) in [7, 11) is 1.79. The lowest BCUT2D eigenvalue weighted by Crippen LogP contribution is -2.21. The van der Waals surface area contributed by atoms with Crippen molar-refractivity contribution in [2.24, 2.45) is 5.84 Å². The number of rotatable bonds is 4. The quantitative estimate of drug-likeness (QED) is 0.639. The lowest BCUT2D eigenvalue weighted by atomic mass is 10.3. The molecule has 86 valence electrons. The molecular formula is C9H11Cl2N5. The van der Waals surface area contributed by atoms with Gasteiger partial charge in [0.05, 0.1) is 22.5 Å². The van der Waals surface area contributed by atoms with Crippen LogP contribution in [0.5, 0.6) is 0 Å². The second-order valence-electron chi connectivity index (χ2n) is 3.10. The molecule has 3 N–H and O–H groups in total. The molecule has 0 aliphatic rings. The molecule has 5 nitrogen and oxygen atoms in total. The first-order chi connectivity index (χ1) is 7.60. The standard InChI is InChI=1S/C9H11Cl2N5/c1-16(4-2-3-12)9-7(11)5-6(10)8(14-9)15-13/h5H,2,4,13H2,1H3,(H,14,15). The summed E-state index contributed by atoms with van der Waals surface area (Å²) >= 11 is 11.8. The molecule has 0 aliphatic carbocycles. The largest absolute Gasteiger partial charge is 0.357 e. The predicted octanol–water partition coefficient (Wildman–Crippen LogP) is 2.02. The molecule has 1 aromatic rings. The van der Waals surface area contributed by atoms with E-state index in [2.05, 4.69) is 10.4 Å². The van der Waals surface area contributed by atoms with E-state index >= 15 is 0 Å². The van der Waals surface area contributed by atoms with Crippen molar-refractivity contribution in [2.75, 3.05) is 23.9 Å². The van der Waals surface area contributed by atoms with Gasteiger partial charge in [0.15, 0.2) is 5.82 Å². The maximum Gasteiger partial charge on any atom is 0.161 e. The SMILES string of the molecule is CN(CCC#N)c1nc(NN)c(Cl)cc1Cl. The van der Waals surface area contributed by atoms with Crippen molar-refractivity contribution in [1.29, 1.82) is 5.26 Å². The Labute approximate surface area is 104 Å². The number of aromatic nitrogens is 1. The van der Waals surface area contributed by atoms with Gasteiger partial charge in [0.1, 0.15) is 5.82 Å². The van der Waals surface area contributed by atoms with Gasteiger partial charge < -0.3 is 10.3 Å². The fourth-order valence-corrected chi connectivity index (χ4v) is 1.71. The molecule has 0 bridgehead atoms. The minimum Gasteiger partial charge on any atom is -0.357 e. The monoisotopic (exact) mass is 259 g/mol. The van der Waals surface area contributed by atoms with Crippen LogP contribution in [0.25, 0.3) is 0 Å². The Balaban J connectivity index is 2.99. The fraction of sp³-hybridized carbons (Fsp3) is 0.333. The summed E-state index contributed by atoms with van der Waals surface area (Å²) in [6, 6.07) is 3.61. The number of pyridine rings is 1. The van der Waals surface area contributed by atoms with Gasteiger partial charge in [-0.05, 0) is 6.07 Å². The first-order valence-corrected chi connectivity index (χ1v) is 5.26. The number of nitrogens with zero attached hydrogens (tertiary/aromatic N) is 3. The summed E-state index contributed by atoms with van der Waals surface area (Å²) in [4.78, 5) is 5.93. The third kappa shape index (κ3) is 2.89. The van der Waals surface area contributed by atoms with Gasteiger partial charge in [-0.3, -0.25) is 0 Å². The Morgan fingerprint density at radius 3 is 2.81 bits per heavy atom. The van der Waals surface area contributed by atoms with Crippen LogP contribution in [0.15, 0.2) is 6.07 Å². The molecule has 16 heavy (non-hydrogen) atoms. The molecule has 0 fully saturated rings. The van der Waals surface area contributed by atoms with Gasteiger partial charge in [0.25, 0.3) is 0 Å². The minimum absolute atomic E-state index is 0.352. The molecule has 1 rings (SSSR count). The Hall–Kier alpha value is -1.22. The maximum atomic E-state index is 8.49. The van der Waals surface area contributed by atoms with Crippen LogP contribution in [0.1, 0.15) is 6.42 Å². The third-order valence-corrected chi connectivity index (χ3v) is 2.53. The van der Waals surface area contributed by atoms with E-state index in [1.54, 1.807) is 18.0 Å². The molecule has 0 radical (unpaired) electrons.